The highest BCUT2D eigenvalue weighted by Crippen LogP contribution is 2.42. The smallest absolute Gasteiger partial charge is 0.309 e. The number of methoxy groups -OCH3 is 3. The summed E-state index contributed by atoms with van der Waals surface area (Å²) in [4.78, 5) is 11.7. The molecule has 0 bridgehead atoms. The molecule has 5 heteroatoms. The molecule has 0 aliphatic carbocycles. The molecule has 2 unspecified atom stereocenters. The minimum absolute atomic E-state index is 0.0340. The Balaban J connectivity index is 2.35. The van der Waals surface area contributed by atoms with Crippen molar-refractivity contribution in [2.45, 2.75) is 25.9 Å². The molecule has 1 aromatic carbocycles. The summed E-state index contributed by atoms with van der Waals surface area (Å²) in [5.74, 6) is 1.48. The van der Waals surface area contributed by atoms with Crippen LogP contribution in [0.25, 0.3) is 0 Å². The molecule has 1 aromatic rings. The second-order valence-electron chi connectivity index (χ2n) is 4.86. The van der Waals surface area contributed by atoms with E-state index in [1.165, 1.54) is 0 Å². The Bertz CT molecular complexity index is 472. The molecule has 1 aliphatic rings. The van der Waals surface area contributed by atoms with Gasteiger partial charge < -0.3 is 18.9 Å². The van der Waals surface area contributed by atoms with Crippen LogP contribution < -0.4 is 14.2 Å². The van der Waals surface area contributed by atoms with Crippen molar-refractivity contribution in [2.24, 2.45) is 5.92 Å². The minimum Gasteiger partial charge on any atom is -0.493 e. The number of cyclic esters (lactones) is 1. The standard InChI is InChI=1S/C15H20O5/c1-9-5-6-11(20-15(9)16)10-7-12(17-2)14(19-4)13(8-10)18-3/h7-9,11H,5-6H2,1-4H3. The van der Waals surface area contributed by atoms with Crippen LogP contribution >= 0.6 is 0 Å². The van der Waals surface area contributed by atoms with Crippen LogP contribution in [0.4, 0.5) is 0 Å². The van der Waals surface area contributed by atoms with Crippen molar-refractivity contribution in [3.05, 3.63) is 17.7 Å². The molecule has 1 fully saturated rings. The third kappa shape index (κ3) is 2.66. The number of rotatable bonds is 4. The lowest BCUT2D eigenvalue weighted by atomic mass is 9.95. The maximum atomic E-state index is 11.7. The number of carbonyl (C=O) groups is 1. The zero-order chi connectivity index (χ0) is 14.7. The predicted octanol–water partition coefficient (Wildman–Crippen LogP) is 2.73. The Morgan fingerprint density at radius 3 is 2.10 bits per heavy atom. The molecule has 1 aliphatic heterocycles. The first-order valence-corrected chi connectivity index (χ1v) is 6.61. The molecule has 2 rings (SSSR count). The maximum absolute atomic E-state index is 11.7. The molecule has 0 amide bonds. The van der Waals surface area contributed by atoms with E-state index in [9.17, 15) is 4.79 Å². The summed E-state index contributed by atoms with van der Waals surface area (Å²) in [5, 5.41) is 0. The molecule has 2 atom stereocenters. The summed E-state index contributed by atoms with van der Waals surface area (Å²) in [6, 6.07) is 3.66. The number of hydrogen-bond acceptors (Lipinski definition) is 5. The van der Waals surface area contributed by atoms with Gasteiger partial charge in [0.05, 0.1) is 27.2 Å². The monoisotopic (exact) mass is 280 g/mol. The lowest BCUT2D eigenvalue weighted by Crippen LogP contribution is -2.24. The van der Waals surface area contributed by atoms with Gasteiger partial charge in [0.15, 0.2) is 11.5 Å². The van der Waals surface area contributed by atoms with Crippen LogP contribution in [0, 0.1) is 5.92 Å². The number of carbonyl (C=O) groups excluding carboxylic acids is 1. The SMILES string of the molecule is COc1cc(C2CCC(C)C(=O)O2)cc(OC)c1OC. The molecule has 0 saturated carbocycles. The molecule has 0 aromatic heterocycles. The first kappa shape index (κ1) is 14.5. The van der Waals surface area contributed by atoms with Gasteiger partial charge in [0, 0.05) is 5.56 Å². The minimum atomic E-state index is -0.257. The van der Waals surface area contributed by atoms with Crippen LogP contribution in [0.1, 0.15) is 31.4 Å². The Morgan fingerprint density at radius 1 is 1.05 bits per heavy atom. The van der Waals surface area contributed by atoms with E-state index in [1.807, 2.05) is 19.1 Å². The molecule has 1 saturated heterocycles. The van der Waals surface area contributed by atoms with Crippen molar-refractivity contribution in [3.8, 4) is 17.2 Å². The van der Waals surface area contributed by atoms with E-state index < -0.39 is 0 Å². The van der Waals surface area contributed by atoms with Gasteiger partial charge in [-0.25, -0.2) is 0 Å². The Labute approximate surface area is 118 Å². The van der Waals surface area contributed by atoms with Crippen molar-refractivity contribution in [1.82, 2.24) is 0 Å². The Hall–Kier alpha value is -1.91. The summed E-state index contributed by atoms with van der Waals surface area (Å²) in [6.07, 6.45) is 1.36. The molecule has 0 radical (unpaired) electrons. The largest absolute Gasteiger partial charge is 0.493 e. The van der Waals surface area contributed by atoms with E-state index >= 15 is 0 Å². The van der Waals surface area contributed by atoms with Crippen molar-refractivity contribution in [1.29, 1.82) is 0 Å². The third-order valence-corrected chi connectivity index (χ3v) is 3.58. The first-order chi connectivity index (χ1) is 9.60. The van der Waals surface area contributed by atoms with Crippen molar-refractivity contribution in [2.75, 3.05) is 21.3 Å². The molecular weight excluding hydrogens is 260 g/mol. The average Bonchev–Trinajstić information content (AvgIpc) is 2.48. The topological polar surface area (TPSA) is 54.0 Å². The van der Waals surface area contributed by atoms with Gasteiger partial charge in [0.1, 0.15) is 6.10 Å². The fraction of sp³-hybridized carbons (Fsp3) is 0.533. The van der Waals surface area contributed by atoms with Crippen LogP contribution in [-0.2, 0) is 9.53 Å². The summed E-state index contributed by atoms with van der Waals surface area (Å²) in [7, 11) is 4.69. The molecule has 0 N–H and O–H groups in total. The van der Waals surface area contributed by atoms with Gasteiger partial charge in [-0.3, -0.25) is 4.79 Å². The van der Waals surface area contributed by atoms with Gasteiger partial charge in [-0.1, -0.05) is 6.92 Å². The van der Waals surface area contributed by atoms with E-state index in [2.05, 4.69) is 0 Å². The van der Waals surface area contributed by atoms with Crippen LogP contribution in [0.2, 0.25) is 0 Å². The molecular formula is C15H20O5. The maximum Gasteiger partial charge on any atom is 0.309 e. The van der Waals surface area contributed by atoms with E-state index in [1.54, 1.807) is 21.3 Å². The molecule has 110 valence electrons. The lowest BCUT2D eigenvalue weighted by molar-refractivity contribution is -0.159. The molecule has 5 nitrogen and oxygen atoms in total. The number of benzene rings is 1. The van der Waals surface area contributed by atoms with Crippen molar-refractivity contribution < 1.29 is 23.7 Å². The first-order valence-electron chi connectivity index (χ1n) is 6.61. The van der Waals surface area contributed by atoms with Crippen LogP contribution in [0.15, 0.2) is 12.1 Å². The van der Waals surface area contributed by atoms with Gasteiger partial charge in [0.25, 0.3) is 0 Å². The highest BCUT2D eigenvalue weighted by molar-refractivity contribution is 5.73. The zero-order valence-electron chi connectivity index (χ0n) is 12.3. The predicted molar refractivity (Wildman–Crippen MR) is 73.3 cm³/mol. The highest BCUT2D eigenvalue weighted by Gasteiger charge is 2.29. The normalized spacial score (nSPS) is 22.1. The number of ether oxygens (including phenoxy) is 4. The van der Waals surface area contributed by atoms with Crippen molar-refractivity contribution in [3.63, 3.8) is 0 Å². The van der Waals surface area contributed by atoms with Gasteiger partial charge in [0.2, 0.25) is 5.75 Å². The molecule has 0 spiro atoms. The Kier molecular flexibility index (Phi) is 4.37. The summed E-state index contributed by atoms with van der Waals surface area (Å²) in [6.45, 7) is 1.88. The fourth-order valence-electron chi connectivity index (χ4n) is 2.36. The van der Waals surface area contributed by atoms with Crippen molar-refractivity contribution >= 4 is 5.97 Å². The third-order valence-electron chi connectivity index (χ3n) is 3.58. The van der Waals surface area contributed by atoms with E-state index in [0.29, 0.717) is 17.2 Å². The quantitative estimate of drug-likeness (QED) is 0.794. The van der Waals surface area contributed by atoms with Crippen LogP contribution in [0.3, 0.4) is 0 Å². The van der Waals surface area contributed by atoms with E-state index in [0.717, 1.165) is 18.4 Å². The van der Waals surface area contributed by atoms with Gasteiger partial charge >= 0.3 is 5.97 Å². The number of esters is 1. The lowest BCUT2D eigenvalue weighted by Gasteiger charge is -2.27. The second-order valence-corrected chi connectivity index (χ2v) is 4.86. The summed E-state index contributed by atoms with van der Waals surface area (Å²) in [5.41, 5.74) is 0.861. The summed E-state index contributed by atoms with van der Waals surface area (Å²) < 4.78 is 21.4. The molecule has 1 heterocycles. The fourth-order valence-corrected chi connectivity index (χ4v) is 2.36. The van der Waals surface area contributed by atoms with E-state index in [4.69, 9.17) is 18.9 Å². The Morgan fingerprint density at radius 2 is 1.65 bits per heavy atom. The highest BCUT2D eigenvalue weighted by atomic mass is 16.5. The van der Waals surface area contributed by atoms with Crippen LogP contribution in [0.5, 0.6) is 17.2 Å². The second kappa shape index (κ2) is 6.03. The number of hydrogen-bond donors (Lipinski definition) is 0. The van der Waals surface area contributed by atoms with E-state index in [-0.39, 0.29) is 18.0 Å². The molecule has 20 heavy (non-hydrogen) atoms. The van der Waals surface area contributed by atoms with Gasteiger partial charge in [-0.05, 0) is 25.0 Å². The average molecular weight is 280 g/mol. The zero-order valence-corrected chi connectivity index (χ0v) is 12.3. The van der Waals surface area contributed by atoms with Crippen LogP contribution in [-0.4, -0.2) is 27.3 Å². The van der Waals surface area contributed by atoms with Gasteiger partial charge in [-0.2, -0.15) is 0 Å². The van der Waals surface area contributed by atoms with Gasteiger partial charge in [-0.15, -0.1) is 0 Å². The summed E-state index contributed by atoms with van der Waals surface area (Å²) >= 11 is 0.